The van der Waals surface area contributed by atoms with E-state index in [0.717, 1.165) is 6.42 Å². The Kier molecular flexibility index (Phi) is 6.19. The summed E-state index contributed by atoms with van der Waals surface area (Å²) in [4.78, 5) is 23.4. The van der Waals surface area contributed by atoms with Crippen LogP contribution in [0.25, 0.3) is 0 Å². The molecule has 0 aliphatic rings. The summed E-state index contributed by atoms with van der Waals surface area (Å²) < 4.78 is 12.8. The fraction of sp³-hybridized carbons (Fsp3) is 0.167. The summed E-state index contributed by atoms with van der Waals surface area (Å²) in [6, 6.07) is 15.0. The van der Waals surface area contributed by atoms with E-state index < -0.39 is 17.6 Å². The van der Waals surface area contributed by atoms with Crippen LogP contribution in [-0.2, 0) is 16.0 Å². The molecule has 0 heterocycles. The second-order valence-corrected chi connectivity index (χ2v) is 5.23. The second kappa shape index (κ2) is 8.57. The molecule has 24 heavy (non-hydrogen) atoms. The monoisotopic (exact) mass is 327 g/mol. The number of hydrogen-bond acceptors (Lipinski definition) is 3. The lowest BCUT2D eigenvalue weighted by atomic mass is 10.1. The minimum Gasteiger partial charge on any atom is -0.318 e. The number of rotatable bonds is 5. The standard InChI is InChI=1S/C18H18FN3O2/c1-13(7-8-14-5-3-2-4-6-14)21-22-18(24)17(23)20-16-11-9-15(19)10-12-16/h2-6,9-12H,7-8H2,1H3,(H,20,23)(H,22,24)/b21-13+. The van der Waals surface area contributed by atoms with Crippen LogP contribution in [0.3, 0.4) is 0 Å². The van der Waals surface area contributed by atoms with Crippen molar-refractivity contribution in [1.29, 1.82) is 0 Å². The number of nitrogens with one attached hydrogen (secondary N) is 2. The Labute approximate surface area is 139 Å². The number of aryl methyl sites for hydroxylation is 1. The summed E-state index contributed by atoms with van der Waals surface area (Å²) in [7, 11) is 0. The maximum absolute atomic E-state index is 12.8. The molecule has 0 spiro atoms. The van der Waals surface area contributed by atoms with Gasteiger partial charge in [-0.25, -0.2) is 9.82 Å². The Morgan fingerprint density at radius 1 is 1.00 bits per heavy atom. The van der Waals surface area contributed by atoms with Gasteiger partial charge in [0.2, 0.25) is 0 Å². The first-order valence-corrected chi connectivity index (χ1v) is 7.48. The summed E-state index contributed by atoms with van der Waals surface area (Å²) in [6.07, 6.45) is 1.47. The van der Waals surface area contributed by atoms with Gasteiger partial charge in [-0.05, 0) is 49.6 Å². The maximum Gasteiger partial charge on any atom is 0.329 e. The van der Waals surface area contributed by atoms with Gasteiger partial charge in [-0.1, -0.05) is 30.3 Å². The van der Waals surface area contributed by atoms with Gasteiger partial charge >= 0.3 is 11.8 Å². The Hall–Kier alpha value is -3.02. The topological polar surface area (TPSA) is 70.6 Å². The smallest absolute Gasteiger partial charge is 0.318 e. The van der Waals surface area contributed by atoms with Crippen molar-refractivity contribution in [2.24, 2.45) is 5.10 Å². The summed E-state index contributed by atoms with van der Waals surface area (Å²) in [5.74, 6) is -2.16. The molecule has 0 fully saturated rings. The molecule has 0 radical (unpaired) electrons. The van der Waals surface area contributed by atoms with Crippen LogP contribution in [-0.4, -0.2) is 17.5 Å². The Balaban J connectivity index is 1.80. The molecule has 6 heteroatoms. The minimum absolute atomic E-state index is 0.335. The number of carbonyl (C=O) groups is 2. The van der Waals surface area contributed by atoms with Gasteiger partial charge in [-0.3, -0.25) is 9.59 Å². The van der Waals surface area contributed by atoms with E-state index in [0.29, 0.717) is 17.8 Å². The molecular weight excluding hydrogens is 309 g/mol. The van der Waals surface area contributed by atoms with E-state index >= 15 is 0 Å². The molecule has 2 aromatic rings. The van der Waals surface area contributed by atoms with Crippen molar-refractivity contribution in [2.45, 2.75) is 19.8 Å². The molecule has 0 atom stereocenters. The average Bonchev–Trinajstić information content (AvgIpc) is 2.60. The zero-order chi connectivity index (χ0) is 17.4. The van der Waals surface area contributed by atoms with E-state index in [4.69, 9.17) is 0 Å². The number of hydrazone groups is 1. The van der Waals surface area contributed by atoms with Gasteiger partial charge in [0.05, 0.1) is 0 Å². The number of amides is 2. The lowest BCUT2D eigenvalue weighted by Gasteiger charge is -2.05. The van der Waals surface area contributed by atoms with Crippen LogP contribution in [0, 0.1) is 5.82 Å². The van der Waals surface area contributed by atoms with Crippen molar-refractivity contribution in [3.63, 3.8) is 0 Å². The van der Waals surface area contributed by atoms with Crippen LogP contribution >= 0.6 is 0 Å². The third-order valence-electron chi connectivity index (χ3n) is 3.27. The fourth-order valence-corrected chi connectivity index (χ4v) is 1.94. The van der Waals surface area contributed by atoms with Gasteiger partial charge in [0, 0.05) is 11.4 Å². The minimum atomic E-state index is -0.876. The van der Waals surface area contributed by atoms with Crippen molar-refractivity contribution in [3.05, 3.63) is 66.0 Å². The third-order valence-corrected chi connectivity index (χ3v) is 3.27. The van der Waals surface area contributed by atoms with Gasteiger partial charge < -0.3 is 5.32 Å². The van der Waals surface area contributed by atoms with E-state index in [1.807, 2.05) is 30.3 Å². The fourth-order valence-electron chi connectivity index (χ4n) is 1.94. The van der Waals surface area contributed by atoms with Crippen molar-refractivity contribution in [3.8, 4) is 0 Å². The number of nitrogens with zero attached hydrogens (tertiary/aromatic N) is 1. The number of anilines is 1. The lowest BCUT2D eigenvalue weighted by Crippen LogP contribution is -2.32. The Morgan fingerprint density at radius 2 is 1.67 bits per heavy atom. The molecule has 0 saturated carbocycles. The van der Waals surface area contributed by atoms with Crippen LogP contribution in [0.5, 0.6) is 0 Å². The van der Waals surface area contributed by atoms with Crippen LogP contribution < -0.4 is 10.7 Å². The largest absolute Gasteiger partial charge is 0.329 e. The van der Waals surface area contributed by atoms with Crippen molar-refractivity contribution < 1.29 is 14.0 Å². The van der Waals surface area contributed by atoms with E-state index in [2.05, 4.69) is 15.8 Å². The van der Waals surface area contributed by atoms with E-state index in [-0.39, 0.29) is 0 Å². The van der Waals surface area contributed by atoms with Crippen molar-refractivity contribution in [1.82, 2.24) is 5.43 Å². The predicted octanol–water partition coefficient (Wildman–Crippen LogP) is 2.89. The van der Waals surface area contributed by atoms with Gasteiger partial charge in [-0.15, -0.1) is 0 Å². The second-order valence-electron chi connectivity index (χ2n) is 5.23. The Morgan fingerprint density at radius 3 is 2.33 bits per heavy atom. The molecule has 0 aliphatic carbocycles. The van der Waals surface area contributed by atoms with Crippen LogP contribution in [0.15, 0.2) is 59.7 Å². The normalized spacial score (nSPS) is 11.0. The van der Waals surface area contributed by atoms with Gasteiger partial charge in [0.15, 0.2) is 0 Å². The number of hydrogen-bond donors (Lipinski definition) is 2. The molecule has 2 N–H and O–H groups in total. The average molecular weight is 327 g/mol. The molecule has 124 valence electrons. The van der Waals surface area contributed by atoms with E-state index in [9.17, 15) is 14.0 Å². The van der Waals surface area contributed by atoms with Gasteiger partial charge in [0.1, 0.15) is 5.82 Å². The molecule has 0 saturated heterocycles. The molecule has 2 amide bonds. The number of halogens is 1. The highest BCUT2D eigenvalue weighted by Crippen LogP contribution is 2.08. The molecular formula is C18H18FN3O2. The van der Waals surface area contributed by atoms with Crippen molar-refractivity contribution in [2.75, 3.05) is 5.32 Å². The summed E-state index contributed by atoms with van der Waals surface area (Å²) in [6.45, 7) is 1.78. The molecule has 0 bridgehead atoms. The first kappa shape index (κ1) is 17.3. The molecule has 5 nitrogen and oxygen atoms in total. The first-order valence-electron chi connectivity index (χ1n) is 7.48. The number of carbonyl (C=O) groups excluding carboxylic acids is 2. The highest BCUT2D eigenvalue weighted by Gasteiger charge is 2.13. The zero-order valence-electron chi connectivity index (χ0n) is 13.3. The van der Waals surface area contributed by atoms with Crippen LogP contribution in [0.4, 0.5) is 10.1 Å². The number of benzene rings is 2. The van der Waals surface area contributed by atoms with E-state index in [1.165, 1.54) is 29.8 Å². The SMILES string of the molecule is C/C(CCc1ccccc1)=N\NC(=O)C(=O)Nc1ccc(F)cc1. The summed E-state index contributed by atoms with van der Waals surface area (Å²) in [5, 5.41) is 6.28. The highest BCUT2D eigenvalue weighted by atomic mass is 19.1. The molecule has 0 aliphatic heterocycles. The third kappa shape index (κ3) is 5.64. The lowest BCUT2D eigenvalue weighted by molar-refractivity contribution is -0.136. The summed E-state index contributed by atoms with van der Waals surface area (Å²) >= 11 is 0. The molecule has 0 aromatic heterocycles. The van der Waals surface area contributed by atoms with E-state index in [1.54, 1.807) is 6.92 Å². The maximum atomic E-state index is 12.8. The molecule has 2 rings (SSSR count). The van der Waals surface area contributed by atoms with Gasteiger partial charge in [-0.2, -0.15) is 5.10 Å². The first-order chi connectivity index (χ1) is 11.5. The molecule has 2 aromatic carbocycles. The van der Waals surface area contributed by atoms with Crippen LogP contribution in [0.1, 0.15) is 18.9 Å². The molecule has 0 unspecified atom stereocenters. The highest BCUT2D eigenvalue weighted by molar-refractivity contribution is 6.39. The zero-order valence-corrected chi connectivity index (χ0v) is 13.3. The Bertz CT molecular complexity index is 728. The van der Waals surface area contributed by atoms with Crippen molar-refractivity contribution >= 4 is 23.2 Å². The summed E-state index contributed by atoms with van der Waals surface area (Å²) in [5.41, 5.74) is 4.43. The van der Waals surface area contributed by atoms with Crippen LogP contribution in [0.2, 0.25) is 0 Å². The quantitative estimate of drug-likeness (QED) is 0.503. The van der Waals surface area contributed by atoms with Gasteiger partial charge in [0.25, 0.3) is 0 Å². The predicted molar refractivity (Wildman–Crippen MR) is 91.0 cm³/mol.